The highest BCUT2D eigenvalue weighted by Crippen LogP contribution is 2.10. The second kappa shape index (κ2) is 3.18. The third-order valence-electron chi connectivity index (χ3n) is 1.63. The van der Waals surface area contributed by atoms with Gasteiger partial charge in [-0.15, -0.1) is 0 Å². The summed E-state index contributed by atoms with van der Waals surface area (Å²) in [6.45, 7) is 4.96. The molecule has 0 N–H and O–H groups in total. The van der Waals surface area contributed by atoms with Gasteiger partial charge in [0, 0.05) is 6.61 Å². The summed E-state index contributed by atoms with van der Waals surface area (Å²) in [7, 11) is 3.82. The fourth-order valence-corrected chi connectivity index (χ4v) is 1.17. The molecule has 0 aromatic heterocycles. The van der Waals surface area contributed by atoms with Crippen molar-refractivity contribution in [1.82, 2.24) is 4.90 Å². The highest BCUT2D eigenvalue weighted by Gasteiger charge is 2.14. The van der Waals surface area contributed by atoms with Crippen LogP contribution in [-0.2, 0) is 4.74 Å². The molecule has 2 heteroatoms. The first-order valence-corrected chi connectivity index (χ1v) is 3.50. The molecule has 0 bridgehead atoms. The standard InChI is InChI=1S/C7H14NO/c1-3-9-7-4-5-8(2)6-7/h7H,2-6H2,1H3/q-1/t7-/m0/s1. The molecule has 1 fully saturated rings. The number of ether oxygens (including phenoxy) is 1. The molecule has 1 atom stereocenters. The number of likely N-dealkylation sites (tertiary alicyclic amines) is 1. The minimum absolute atomic E-state index is 0.451. The topological polar surface area (TPSA) is 12.5 Å². The quantitative estimate of drug-likeness (QED) is 0.512. The molecule has 0 aromatic carbocycles. The molecule has 0 amide bonds. The molecular formula is C7H14NO-. The van der Waals surface area contributed by atoms with Crippen LogP contribution in [0.25, 0.3) is 0 Å². The van der Waals surface area contributed by atoms with Crippen LogP contribution in [0.3, 0.4) is 0 Å². The van der Waals surface area contributed by atoms with E-state index in [2.05, 4.69) is 11.9 Å². The molecule has 9 heavy (non-hydrogen) atoms. The monoisotopic (exact) mass is 128 g/mol. The molecular weight excluding hydrogens is 114 g/mol. The lowest BCUT2D eigenvalue weighted by molar-refractivity contribution is 0.0720. The molecule has 1 aliphatic heterocycles. The Kier molecular flexibility index (Phi) is 2.49. The fourth-order valence-electron chi connectivity index (χ4n) is 1.17. The largest absolute Gasteiger partial charge is 0.457 e. The molecule has 0 spiro atoms. The zero-order valence-corrected chi connectivity index (χ0v) is 5.97. The van der Waals surface area contributed by atoms with E-state index in [4.69, 9.17) is 4.74 Å². The van der Waals surface area contributed by atoms with Crippen LogP contribution in [0.1, 0.15) is 13.3 Å². The van der Waals surface area contributed by atoms with Crippen LogP contribution in [0.5, 0.6) is 0 Å². The third kappa shape index (κ3) is 1.95. The second-order valence-electron chi connectivity index (χ2n) is 2.44. The van der Waals surface area contributed by atoms with E-state index in [-0.39, 0.29) is 0 Å². The molecule has 1 saturated heterocycles. The first-order chi connectivity index (χ1) is 4.33. The van der Waals surface area contributed by atoms with Gasteiger partial charge in [-0.25, -0.2) is 0 Å². The zero-order valence-electron chi connectivity index (χ0n) is 5.97. The number of nitrogens with zero attached hydrogens (tertiary/aromatic N) is 1. The number of hydrogen-bond acceptors (Lipinski definition) is 2. The molecule has 2 nitrogen and oxygen atoms in total. The molecule has 0 radical (unpaired) electrons. The van der Waals surface area contributed by atoms with Crippen LogP contribution in [-0.4, -0.2) is 30.7 Å². The van der Waals surface area contributed by atoms with Crippen LogP contribution < -0.4 is 0 Å². The number of rotatable bonds is 2. The summed E-state index contributed by atoms with van der Waals surface area (Å²) in [6.07, 6.45) is 1.60. The van der Waals surface area contributed by atoms with Crippen molar-refractivity contribution in [1.29, 1.82) is 0 Å². The molecule has 1 aliphatic rings. The molecule has 1 rings (SSSR count). The second-order valence-corrected chi connectivity index (χ2v) is 2.44. The Morgan fingerprint density at radius 3 is 3.00 bits per heavy atom. The van der Waals surface area contributed by atoms with Crippen molar-refractivity contribution in [3.8, 4) is 0 Å². The highest BCUT2D eigenvalue weighted by molar-refractivity contribution is 4.74. The van der Waals surface area contributed by atoms with Gasteiger partial charge in [-0.3, -0.25) is 7.05 Å². The van der Waals surface area contributed by atoms with E-state index in [1.54, 1.807) is 0 Å². The van der Waals surface area contributed by atoms with Gasteiger partial charge in [0.05, 0.1) is 6.10 Å². The molecule has 1 heterocycles. The van der Waals surface area contributed by atoms with Crippen molar-refractivity contribution in [2.75, 3.05) is 19.7 Å². The summed E-state index contributed by atoms with van der Waals surface area (Å²) in [5.74, 6) is 0. The maximum absolute atomic E-state index is 5.39. The van der Waals surface area contributed by atoms with E-state index in [9.17, 15) is 0 Å². The van der Waals surface area contributed by atoms with E-state index >= 15 is 0 Å². The van der Waals surface area contributed by atoms with Gasteiger partial charge in [0.25, 0.3) is 0 Å². The lowest BCUT2D eigenvalue weighted by Gasteiger charge is -2.16. The van der Waals surface area contributed by atoms with Crippen molar-refractivity contribution in [3.63, 3.8) is 0 Å². The van der Waals surface area contributed by atoms with E-state index < -0.39 is 0 Å². The van der Waals surface area contributed by atoms with Gasteiger partial charge < -0.3 is 9.64 Å². The summed E-state index contributed by atoms with van der Waals surface area (Å²) in [4.78, 5) is 2.06. The van der Waals surface area contributed by atoms with Crippen LogP contribution in [0.4, 0.5) is 0 Å². The predicted molar refractivity (Wildman–Crippen MR) is 37.0 cm³/mol. The van der Waals surface area contributed by atoms with E-state index in [0.717, 1.165) is 26.1 Å². The SMILES string of the molecule is [CH2-]N1CC[C@H](OCC)C1. The fraction of sp³-hybridized carbons (Fsp3) is 0.857. The Bertz CT molecular complexity index is 83.0. The van der Waals surface area contributed by atoms with Crippen molar-refractivity contribution in [3.05, 3.63) is 7.05 Å². The van der Waals surface area contributed by atoms with E-state index in [1.807, 2.05) is 6.92 Å². The third-order valence-corrected chi connectivity index (χ3v) is 1.63. The minimum atomic E-state index is 0.451. The zero-order chi connectivity index (χ0) is 6.69. The summed E-state index contributed by atoms with van der Waals surface area (Å²) >= 11 is 0. The van der Waals surface area contributed by atoms with Gasteiger partial charge in [-0.1, -0.05) is 0 Å². The molecule has 54 valence electrons. The molecule has 0 aromatic rings. The Hall–Kier alpha value is -0.0800. The molecule has 0 saturated carbocycles. The predicted octanol–water partition coefficient (Wildman–Crippen LogP) is 0.889. The average Bonchev–Trinajstić information content (AvgIpc) is 2.17. The highest BCUT2D eigenvalue weighted by atomic mass is 16.5. The lowest BCUT2D eigenvalue weighted by atomic mass is 10.3. The summed E-state index contributed by atoms with van der Waals surface area (Å²) in [5, 5.41) is 0. The van der Waals surface area contributed by atoms with Gasteiger partial charge in [0.2, 0.25) is 0 Å². The van der Waals surface area contributed by atoms with E-state index in [1.165, 1.54) is 0 Å². The first-order valence-electron chi connectivity index (χ1n) is 3.50. The Morgan fingerprint density at radius 2 is 2.56 bits per heavy atom. The van der Waals surface area contributed by atoms with Crippen LogP contribution in [0.15, 0.2) is 0 Å². The van der Waals surface area contributed by atoms with E-state index in [0.29, 0.717) is 6.10 Å². The van der Waals surface area contributed by atoms with Gasteiger partial charge >= 0.3 is 0 Å². The smallest absolute Gasteiger partial charge is 0.0689 e. The van der Waals surface area contributed by atoms with Gasteiger partial charge in [-0.2, -0.15) is 0 Å². The summed E-state index contributed by atoms with van der Waals surface area (Å²) in [6, 6.07) is 0. The van der Waals surface area contributed by atoms with Crippen LogP contribution in [0, 0.1) is 7.05 Å². The maximum Gasteiger partial charge on any atom is 0.0689 e. The Morgan fingerprint density at radius 1 is 1.78 bits per heavy atom. The summed E-state index contributed by atoms with van der Waals surface area (Å²) < 4.78 is 5.39. The van der Waals surface area contributed by atoms with Crippen molar-refractivity contribution in [2.45, 2.75) is 19.4 Å². The Balaban J connectivity index is 2.14. The van der Waals surface area contributed by atoms with Gasteiger partial charge in [0.1, 0.15) is 0 Å². The first kappa shape index (κ1) is 7.03. The molecule has 0 unspecified atom stereocenters. The van der Waals surface area contributed by atoms with Crippen molar-refractivity contribution in [2.24, 2.45) is 0 Å². The van der Waals surface area contributed by atoms with Crippen LogP contribution >= 0.6 is 0 Å². The maximum atomic E-state index is 5.39. The number of hydrogen-bond donors (Lipinski definition) is 0. The van der Waals surface area contributed by atoms with Crippen molar-refractivity contribution >= 4 is 0 Å². The minimum Gasteiger partial charge on any atom is -0.457 e. The van der Waals surface area contributed by atoms with Gasteiger partial charge in [-0.05, 0) is 26.4 Å². The summed E-state index contributed by atoms with van der Waals surface area (Å²) in [5.41, 5.74) is 0. The lowest BCUT2D eigenvalue weighted by Crippen LogP contribution is -2.17. The average molecular weight is 128 g/mol. The normalized spacial score (nSPS) is 29.3. The van der Waals surface area contributed by atoms with Gasteiger partial charge in [0.15, 0.2) is 0 Å². The van der Waals surface area contributed by atoms with Crippen molar-refractivity contribution < 1.29 is 4.74 Å². The van der Waals surface area contributed by atoms with Crippen LogP contribution in [0.2, 0.25) is 0 Å². The Labute approximate surface area is 56.8 Å². The molecule has 0 aliphatic carbocycles.